The van der Waals surface area contributed by atoms with E-state index in [1.807, 2.05) is 0 Å². The summed E-state index contributed by atoms with van der Waals surface area (Å²) >= 11 is 0. The van der Waals surface area contributed by atoms with Crippen LogP contribution in [0.2, 0.25) is 0 Å². The fraction of sp³-hybridized carbons (Fsp3) is 0.125. The van der Waals surface area contributed by atoms with Gasteiger partial charge in [0.15, 0.2) is 0 Å². The number of carbonyl (C=O) groups is 1. The topological polar surface area (TPSA) is 72.7 Å². The zero-order valence-corrected chi connectivity index (χ0v) is 12.9. The van der Waals surface area contributed by atoms with E-state index >= 15 is 0 Å². The van der Waals surface area contributed by atoms with Crippen molar-refractivity contribution in [1.29, 1.82) is 0 Å². The number of hydrogen-bond donors (Lipinski definition) is 1. The standard InChI is InChI=1S/C16H12F3N5O/c1-10-8-21-14(9-20-10)15(25)23-13-4-3-11(24-6-2-5-22-24)7-12(13)16(17,18)19/h2-9H,1H3,(H,23,25). The molecule has 3 rings (SSSR count). The minimum Gasteiger partial charge on any atom is -0.320 e. The lowest BCUT2D eigenvalue weighted by Crippen LogP contribution is -2.18. The molecule has 1 aromatic carbocycles. The van der Waals surface area contributed by atoms with Crippen molar-refractivity contribution in [2.75, 3.05) is 5.32 Å². The van der Waals surface area contributed by atoms with Crippen LogP contribution in [0.15, 0.2) is 49.1 Å². The Balaban J connectivity index is 1.95. The first kappa shape index (κ1) is 16.6. The second-order valence-corrected chi connectivity index (χ2v) is 5.18. The van der Waals surface area contributed by atoms with Crippen LogP contribution in [0.4, 0.5) is 18.9 Å². The number of nitrogens with one attached hydrogen (secondary N) is 1. The van der Waals surface area contributed by atoms with Gasteiger partial charge < -0.3 is 5.32 Å². The van der Waals surface area contributed by atoms with Crippen LogP contribution >= 0.6 is 0 Å². The van der Waals surface area contributed by atoms with Crippen molar-refractivity contribution in [3.8, 4) is 5.69 Å². The Bertz CT molecular complexity index is 889. The molecule has 0 aliphatic rings. The first-order valence-electron chi connectivity index (χ1n) is 7.16. The van der Waals surface area contributed by atoms with Gasteiger partial charge in [-0.1, -0.05) is 0 Å². The highest BCUT2D eigenvalue weighted by Gasteiger charge is 2.34. The van der Waals surface area contributed by atoms with Gasteiger partial charge in [0.2, 0.25) is 0 Å². The average Bonchev–Trinajstić information content (AvgIpc) is 3.09. The summed E-state index contributed by atoms with van der Waals surface area (Å²) in [5.74, 6) is -0.773. The van der Waals surface area contributed by atoms with Crippen molar-refractivity contribution >= 4 is 11.6 Å². The van der Waals surface area contributed by atoms with Crippen LogP contribution in [0.5, 0.6) is 0 Å². The molecule has 3 aromatic rings. The monoisotopic (exact) mass is 347 g/mol. The van der Waals surface area contributed by atoms with Crippen LogP contribution in [0.1, 0.15) is 21.7 Å². The second kappa shape index (κ2) is 6.34. The normalized spacial score (nSPS) is 11.4. The Morgan fingerprint density at radius 3 is 2.60 bits per heavy atom. The van der Waals surface area contributed by atoms with Crippen LogP contribution in [0.3, 0.4) is 0 Å². The molecule has 0 aliphatic heterocycles. The molecule has 0 aliphatic carbocycles. The van der Waals surface area contributed by atoms with Gasteiger partial charge in [-0.2, -0.15) is 18.3 Å². The van der Waals surface area contributed by atoms with Crippen molar-refractivity contribution in [3.63, 3.8) is 0 Å². The lowest BCUT2D eigenvalue weighted by molar-refractivity contribution is -0.136. The predicted molar refractivity (Wildman–Crippen MR) is 83.3 cm³/mol. The minimum atomic E-state index is -4.65. The maximum absolute atomic E-state index is 13.4. The molecule has 2 aromatic heterocycles. The summed E-state index contributed by atoms with van der Waals surface area (Å²) in [5.41, 5.74) is -0.596. The van der Waals surface area contributed by atoms with Crippen molar-refractivity contribution in [2.45, 2.75) is 13.1 Å². The van der Waals surface area contributed by atoms with Crippen LogP contribution in [0.25, 0.3) is 5.69 Å². The predicted octanol–water partition coefficient (Wildman–Crippen LogP) is 3.24. The summed E-state index contributed by atoms with van der Waals surface area (Å²) in [7, 11) is 0. The smallest absolute Gasteiger partial charge is 0.320 e. The van der Waals surface area contributed by atoms with Gasteiger partial charge in [0.25, 0.3) is 5.91 Å². The van der Waals surface area contributed by atoms with Crippen LogP contribution in [-0.2, 0) is 6.18 Å². The number of aromatic nitrogens is 4. The first-order valence-corrected chi connectivity index (χ1v) is 7.16. The molecule has 1 amide bonds. The highest BCUT2D eigenvalue weighted by Crippen LogP contribution is 2.36. The molecule has 1 N–H and O–H groups in total. The van der Waals surface area contributed by atoms with E-state index < -0.39 is 17.6 Å². The van der Waals surface area contributed by atoms with E-state index in [1.165, 1.54) is 41.6 Å². The molecular weight excluding hydrogens is 335 g/mol. The number of anilines is 1. The molecule has 6 nitrogen and oxygen atoms in total. The molecule has 25 heavy (non-hydrogen) atoms. The van der Waals surface area contributed by atoms with Crippen LogP contribution in [-0.4, -0.2) is 25.7 Å². The Morgan fingerprint density at radius 2 is 2.00 bits per heavy atom. The van der Waals surface area contributed by atoms with Crippen LogP contribution < -0.4 is 5.32 Å². The van der Waals surface area contributed by atoms with Gasteiger partial charge in [-0.25, -0.2) is 9.67 Å². The van der Waals surface area contributed by atoms with Crippen LogP contribution in [0, 0.1) is 6.92 Å². The van der Waals surface area contributed by atoms with Crippen molar-refractivity contribution in [1.82, 2.24) is 19.7 Å². The number of aryl methyl sites for hydroxylation is 1. The molecule has 0 atom stereocenters. The maximum atomic E-state index is 13.4. The number of halogens is 3. The van der Waals surface area contributed by atoms with Gasteiger partial charge in [-0.15, -0.1) is 0 Å². The third-order valence-corrected chi connectivity index (χ3v) is 3.34. The Labute approximate surface area is 140 Å². The lowest BCUT2D eigenvalue weighted by atomic mass is 10.1. The molecule has 0 bridgehead atoms. The quantitative estimate of drug-likeness (QED) is 0.789. The van der Waals surface area contributed by atoms with Gasteiger partial charge in [-0.05, 0) is 31.2 Å². The number of amides is 1. The second-order valence-electron chi connectivity index (χ2n) is 5.18. The average molecular weight is 347 g/mol. The third-order valence-electron chi connectivity index (χ3n) is 3.34. The first-order chi connectivity index (χ1) is 11.8. The molecule has 0 spiro atoms. The SMILES string of the molecule is Cc1cnc(C(=O)Nc2ccc(-n3cccn3)cc2C(F)(F)F)cn1. The molecule has 9 heteroatoms. The summed E-state index contributed by atoms with van der Waals surface area (Å²) in [6.07, 6.45) is 0.899. The van der Waals surface area contributed by atoms with E-state index in [-0.39, 0.29) is 17.1 Å². The molecule has 2 heterocycles. The molecule has 128 valence electrons. The Kier molecular flexibility index (Phi) is 4.22. The van der Waals surface area contributed by atoms with E-state index in [4.69, 9.17) is 0 Å². The van der Waals surface area contributed by atoms with Gasteiger partial charge in [0.05, 0.1) is 28.8 Å². The Morgan fingerprint density at radius 1 is 1.20 bits per heavy atom. The zero-order valence-electron chi connectivity index (χ0n) is 12.9. The molecule has 0 saturated carbocycles. The van der Waals surface area contributed by atoms with Gasteiger partial charge in [-0.3, -0.25) is 9.78 Å². The third kappa shape index (κ3) is 3.65. The molecular formula is C16H12F3N5O. The molecule has 0 fully saturated rings. The number of benzene rings is 1. The van der Waals surface area contributed by atoms with Crippen molar-refractivity contribution < 1.29 is 18.0 Å². The fourth-order valence-corrected chi connectivity index (χ4v) is 2.14. The number of rotatable bonds is 3. The number of nitrogens with zero attached hydrogens (tertiary/aromatic N) is 4. The number of carbonyl (C=O) groups excluding carboxylic acids is 1. The lowest BCUT2D eigenvalue weighted by Gasteiger charge is -2.15. The number of hydrogen-bond acceptors (Lipinski definition) is 4. The summed E-state index contributed by atoms with van der Waals surface area (Å²) in [4.78, 5) is 19.9. The van der Waals surface area contributed by atoms with Gasteiger partial charge >= 0.3 is 6.18 Å². The van der Waals surface area contributed by atoms with E-state index in [2.05, 4.69) is 20.4 Å². The highest BCUT2D eigenvalue weighted by molar-refractivity contribution is 6.03. The van der Waals surface area contributed by atoms with Crippen molar-refractivity contribution in [3.05, 3.63) is 66.0 Å². The molecule has 0 radical (unpaired) electrons. The zero-order chi connectivity index (χ0) is 18.0. The number of alkyl halides is 3. The molecule has 0 unspecified atom stereocenters. The summed E-state index contributed by atoms with van der Waals surface area (Å²) in [6, 6.07) is 5.13. The summed E-state index contributed by atoms with van der Waals surface area (Å²) in [6.45, 7) is 1.68. The highest BCUT2D eigenvalue weighted by atomic mass is 19.4. The summed E-state index contributed by atoms with van der Waals surface area (Å²) < 4.78 is 41.4. The largest absolute Gasteiger partial charge is 0.418 e. The van der Waals surface area contributed by atoms with Gasteiger partial charge in [0.1, 0.15) is 5.69 Å². The Hall–Kier alpha value is -3.23. The minimum absolute atomic E-state index is 0.0742. The van der Waals surface area contributed by atoms with Crippen molar-refractivity contribution in [2.24, 2.45) is 0 Å². The van der Waals surface area contributed by atoms with E-state index in [0.29, 0.717) is 5.69 Å². The fourth-order valence-electron chi connectivity index (χ4n) is 2.14. The van der Waals surface area contributed by atoms with E-state index in [9.17, 15) is 18.0 Å². The maximum Gasteiger partial charge on any atom is 0.418 e. The molecule has 0 saturated heterocycles. The van der Waals surface area contributed by atoms with E-state index in [0.717, 1.165) is 6.07 Å². The van der Waals surface area contributed by atoms with Gasteiger partial charge in [0, 0.05) is 18.6 Å². The summed E-state index contributed by atoms with van der Waals surface area (Å²) in [5, 5.41) is 6.13. The van der Waals surface area contributed by atoms with E-state index in [1.54, 1.807) is 13.0 Å².